The molecular weight excluding hydrogens is 321 g/mol. The van der Waals surface area contributed by atoms with Gasteiger partial charge in [-0.25, -0.2) is 4.39 Å². The number of aryl methyl sites for hydroxylation is 1. The molecule has 4 heteroatoms. The number of hydrogen-bond acceptors (Lipinski definition) is 3. The molecule has 1 heterocycles. The molecule has 0 aliphatic heterocycles. The number of fused-ring (bicyclic) bond motifs is 1. The molecule has 0 unspecified atom stereocenters. The van der Waals surface area contributed by atoms with Gasteiger partial charge in [-0.3, -0.25) is 0 Å². The van der Waals surface area contributed by atoms with Crippen molar-refractivity contribution in [2.45, 2.75) is 26.7 Å². The van der Waals surface area contributed by atoms with Gasteiger partial charge in [0, 0.05) is 5.39 Å². The van der Waals surface area contributed by atoms with E-state index < -0.39 is 0 Å². The van der Waals surface area contributed by atoms with E-state index in [-0.39, 0.29) is 11.6 Å². The number of thiophene rings is 1. The van der Waals surface area contributed by atoms with Crippen LogP contribution in [-0.4, -0.2) is 18.7 Å². The Morgan fingerprint density at radius 1 is 1.04 bits per heavy atom. The van der Waals surface area contributed by atoms with Gasteiger partial charge >= 0.3 is 0 Å². The third-order valence-electron chi connectivity index (χ3n) is 3.28. The molecule has 0 aliphatic rings. The summed E-state index contributed by atoms with van der Waals surface area (Å²) in [5.41, 5.74) is 1.43. The van der Waals surface area contributed by atoms with Crippen LogP contribution >= 0.6 is 11.3 Å². The first-order valence-corrected chi connectivity index (χ1v) is 9.13. The van der Waals surface area contributed by atoms with Crippen molar-refractivity contribution >= 4 is 21.4 Å². The number of phenols is 1. The van der Waals surface area contributed by atoms with Crippen molar-refractivity contribution in [3.8, 4) is 5.75 Å². The van der Waals surface area contributed by atoms with Crippen molar-refractivity contribution in [1.29, 1.82) is 0 Å². The molecule has 0 saturated carbocycles. The summed E-state index contributed by atoms with van der Waals surface area (Å²) in [5.74, 6) is -0.129. The van der Waals surface area contributed by atoms with Gasteiger partial charge < -0.3 is 10.4 Å². The van der Waals surface area contributed by atoms with Crippen LogP contribution in [0.2, 0.25) is 0 Å². The maximum Gasteiger partial charge on any atom is 0.133 e. The van der Waals surface area contributed by atoms with E-state index >= 15 is 0 Å². The van der Waals surface area contributed by atoms with E-state index in [2.05, 4.69) is 35.6 Å². The van der Waals surface area contributed by atoms with Gasteiger partial charge in [-0.15, -0.1) is 11.3 Å². The lowest BCUT2D eigenvalue weighted by atomic mass is 10.1. The van der Waals surface area contributed by atoms with Crippen LogP contribution in [0.15, 0.2) is 53.9 Å². The number of hydrogen-bond donors (Lipinski definition) is 2. The van der Waals surface area contributed by atoms with Crippen LogP contribution in [-0.2, 0) is 6.42 Å². The third kappa shape index (κ3) is 6.30. The van der Waals surface area contributed by atoms with Crippen molar-refractivity contribution in [3.63, 3.8) is 0 Å². The Hall–Kier alpha value is -1.91. The minimum absolute atomic E-state index is 0.149. The zero-order valence-corrected chi connectivity index (χ0v) is 15.4. The molecule has 24 heavy (non-hydrogen) atoms. The fraction of sp³-hybridized carbons (Fsp3) is 0.300. The zero-order chi connectivity index (χ0) is 17.8. The molecule has 2 aromatic carbocycles. The van der Waals surface area contributed by atoms with Crippen LogP contribution in [0.5, 0.6) is 5.75 Å². The highest BCUT2D eigenvalue weighted by Gasteiger charge is 2.04. The fourth-order valence-corrected chi connectivity index (χ4v) is 2.95. The molecule has 2 N–H and O–H groups in total. The SMILES string of the molecule is CC.CNCCCc1ccccc1.Oc1ccc(F)c2ccsc12. The summed E-state index contributed by atoms with van der Waals surface area (Å²) in [4.78, 5) is 0. The predicted molar refractivity (Wildman–Crippen MR) is 103 cm³/mol. The number of phenolic OH excluding ortho intramolecular Hbond substituents is 1. The van der Waals surface area contributed by atoms with Gasteiger partial charge in [-0.05, 0) is 55.6 Å². The zero-order valence-electron chi connectivity index (χ0n) is 14.6. The molecule has 0 atom stereocenters. The van der Waals surface area contributed by atoms with Gasteiger partial charge in [-0.1, -0.05) is 44.2 Å². The standard InChI is InChI=1S/C10H15N.C8H5FOS.C2H6/c1-11-9-5-8-10-6-3-2-4-7-10;9-6-1-2-7(10)8-5(6)3-4-11-8;1-2/h2-4,6-7,11H,5,8-9H2,1H3;1-4,10H;1-2H3. The fourth-order valence-electron chi connectivity index (χ4n) is 2.13. The summed E-state index contributed by atoms with van der Waals surface area (Å²) >= 11 is 1.34. The molecule has 0 bridgehead atoms. The van der Waals surface area contributed by atoms with Gasteiger partial charge in [-0.2, -0.15) is 0 Å². The largest absolute Gasteiger partial charge is 0.506 e. The first-order valence-electron chi connectivity index (χ1n) is 8.25. The Bertz CT molecular complexity index is 661. The highest BCUT2D eigenvalue weighted by atomic mass is 32.1. The van der Waals surface area contributed by atoms with E-state index in [0.29, 0.717) is 10.1 Å². The molecule has 0 amide bonds. The molecule has 0 spiro atoms. The second kappa shape index (κ2) is 11.6. The summed E-state index contributed by atoms with van der Waals surface area (Å²) in [7, 11) is 1.99. The van der Waals surface area contributed by atoms with Gasteiger partial charge in [0.25, 0.3) is 0 Å². The van der Waals surface area contributed by atoms with Crippen molar-refractivity contribution in [3.05, 3.63) is 65.3 Å². The van der Waals surface area contributed by atoms with Crippen molar-refractivity contribution < 1.29 is 9.50 Å². The van der Waals surface area contributed by atoms with Crippen LogP contribution < -0.4 is 5.32 Å². The van der Waals surface area contributed by atoms with E-state index in [9.17, 15) is 9.50 Å². The lowest BCUT2D eigenvalue weighted by Crippen LogP contribution is -2.08. The Kier molecular flexibility index (Phi) is 9.73. The van der Waals surface area contributed by atoms with Gasteiger partial charge in [0.05, 0.1) is 4.70 Å². The van der Waals surface area contributed by atoms with E-state index in [1.807, 2.05) is 20.9 Å². The molecule has 130 valence electrons. The van der Waals surface area contributed by atoms with Crippen LogP contribution in [0.1, 0.15) is 25.8 Å². The Morgan fingerprint density at radius 3 is 2.38 bits per heavy atom. The van der Waals surface area contributed by atoms with Crippen LogP contribution in [0, 0.1) is 5.82 Å². The molecule has 0 saturated heterocycles. The molecule has 0 aliphatic carbocycles. The van der Waals surface area contributed by atoms with Crippen molar-refractivity contribution in [2.75, 3.05) is 13.6 Å². The van der Waals surface area contributed by atoms with E-state index in [1.165, 1.54) is 41.9 Å². The number of rotatable bonds is 4. The van der Waals surface area contributed by atoms with Gasteiger partial charge in [0.1, 0.15) is 11.6 Å². The highest BCUT2D eigenvalue weighted by Crippen LogP contribution is 2.31. The summed E-state index contributed by atoms with van der Waals surface area (Å²) in [6.07, 6.45) is 2.40. The Labute approximate surface area is 148 Å². The molecule has 1 aromatic heterocycles. The average Bonchev–Trinajstić information content (AvgIpc) is 3.13. The van der Waals surface area contributed by atoms with E-state index in [4.69, 9.17) is 0 Å². The molecule has 3 rings (SSSR count). The van der Waals surface area contributed by atoms with Crippen LogP contribution in [0.4, 0.5) is 4.39 Å². The smallest absolute Gasteiger partial charge is 0.133 e. The maximum absolute atomic E-state index is 12.9. The number of benzene rings is 2. The number of halogens is 1. The minimum atomic E-state index is -0.279. The molecule has 3 aromatic rings. The summed E-state index contributed by atoms with van der Waals surface area (Å²) in [6, 6.07) is 14.9. The molecule has 2 nitrogen and oxygen atoms in total. The minimum Gasteiger partial charge on any atom is -0.506 e. The first-order chi connectivity index (χ1) is 11.7. The van der Waals surface area contributed by atoms with Crippen LogP contribution in [0.25, 0.3) is 10.1 Å². The topological polar surface area (TPSA) is 32.3 Å². The quantitative estimate of drug-likeness (QED) is 0.601. The second-order valence-corrected chi connectivity index (χ2v) is 5.84. The van der Waals surface area contributed by atoms with E-state index in [0.717, 1.165) is 6.54 Å². The van der Waals surface area contributed by atoms with Crippen molar-refractivity contribution in [1.82, 2.24) is 5.32 Å². The highest BCUT2D eigenvalue weighted by molar-refractivity contribution is 7.17. The Morgan fingerprint density at radius 2 is 1.75 bits per heavy atom. The van der Waals surface area contributed by atoms with Gasteiger partial charge in [0.15, 0.2) is 0 Å². The molecule has 0 fully saturated rings. The number of nitrogens with one attached hydrogen (secondary N) is 1. The first kappa shape index (κ1) is 20.1. The lowest BCUT2D eigenvalue weighted by Gasteiger charge is -1.99. The Balaban J connectivity index is 0.000000218. The molecular formula is C20H26FNOS. The number of aromatic hydroxyl groups is 1. The maximum atomic E-state index is 12.9. The average molecular weight is 347 g/mol. The van der Waals surface area contributed by atoms with Crippen LogP contribution in [0.3, 0.4) is 0 Å². The second-order valence-electron chi connectivity index (χ2n) is 4.92. The lowest BCUT2D eigenvalue weighted by molar-refractivity contribution is 0.481. The normalized spacial score (nSPS) is 9.67. The summed E-state index contributed by atoms with van der Waals surface area (Å²) in [5, 5.41) is 14.6. The van der Waals surface area contributed by atoms with Crippen molar-refractivity contribution in [2.24, 2.45) is 0 Å². The third-order valence-corrected chi connectivity index (χ3v) is 4.21. The van der Waals surface area contributed by atoms with Gasteiger partial charge in [0.2, 0.25) is 0 Å². The molecule has 0 radical (unpaired) electrons. The summed E-state index contributed by atoms with van der Waals surface area (Å²) in [6.45, 7) is 5.11. The summed E-state index contributed by atoms with van der Waals surface area (Å²) < 4.78 is 13.5. The monoisotopic (exact) mass is 347 g/mol. The van der Waals surface area contributed by atoms with E-state index in [1.54, 1.807) is 11.4 Å². The predicted octanol–water partition coefficient (Wildman–Crippen LogP) is 5.61.